The van der Waals surface area contributed by atoms with Crippen LogP contribution in [0.1, 0.15) is 73.6 Å². The molecule has 3 aromatic rings. The van der Waals surface area contributed by atoms with Crippen molar-refractivity contribution in [2.45, 2.75) is 70.8 Å². The summed E-state index contributed by atoms with van der Waals surface area (Å²) in [6.45, 7) is 8.32. The monoisotopic (exact) mass is 512 g/mol. The summed E-state index contributed by atoms with van der Waals surface area (Å²) in [7, 11) is 0. The molecule has 1 heterocycles. The van der Waals surface area contributed by atoms with Gasteiger partial charge in [-0.2, -0.15) is 0 Å². The summed E-state index contributed by atoms with van der Waals surface area (Å²) in [6, 6.07) is 23.6. The first-order chi connectivity index (χ1) is 18.7. The first kappa shape index (κ1) is 26.6. The maximum atomic E-state index is 9.96. The number of rotatable bonds is 9. The van der Waals surface area contributed by atoms with Crippen LogP contribution in [0.5, 0.6) is 11.5 Å². The number of phenols is 1. The Bertz CT molecular complexity index is 1150. The first-order valence-corrected chi connectivity index (χ1v) is 14.8. The van der Waals surface area contributed by atoms with Gasteiger partial charge in [-0.05, 0) is 117 Å². The first-order valence-electron chi connectivity index (χ1n) is 14.8. The van der Waals surface area contributed by atoms with Crippen molar-refractivity contribution in [1.29, 1.82) is 0 Å². The van der Waals surface area contributed by atoms with Crippen molar-refractivity contribution in [3.63, 3.8) is 0 Å². The minimum Gasteiger partial charge on any atom is -0.508 e. The minimum absolute atomic E-state index is 0.383. The van der Waals surface area contributed by atoms with Gasteiger partial charge in [0.2, 0.25) is 0 Å². The molecule has 1 atom stereocenters. The molecule has 0 amide bonds. The number of aryl methyl sites for hydroxylation is 1. The van der Waals surface area contributed by atoms with Gasteiger partial charge in [-0.3, -0.25) is 4.90 Å². The molecule has 1 N–H and O–H groups in total. The minimum atomic E-state index is 0.383. The SMILES string of the molecule is CCN(Cc1ccc(OCCN2CCCCCC2)cc1)c1ccccc1C1CCCc2cc(O)ccc2C1. The molecule has 2 aliphatic rings. The van der Waals surface area contributed by atoms with Crippen LogP contribution < -0.4 is 9.64 Å². The molecule has 0 bridgehead atoms. The van der Waals surface area contributed by atoms with E-state index in [9.17, 15) is 5.11 Å². The van der Waals surface area contributed by atoms with Gasteiger partial charge >= 0.3 is 0 Å². The molecule has 38 heavy (non-hydrogen) atoms. The van der Waals surface area contributed by atoms with Gasteiger partial charge in [0.25, 0.3) is 0 Å². The molecule has 5 rings (SSSR count). The van der Waals surface area contributed by atoms with Gasteiger partial charge in [-0.15, -0.1) is 0 Å². The van der Waals surface area contributed by atoms with E-state index in [1.807, 2.05) is 12.1 Å². The molecule has 0 saturated carbocycles. The van der Waals surface area contributed by atoms with Crippen LogP contribution in [0, 0.1) is 0 Å². The van der Waals surface area contributed by atoms with Gasteiger partial charge < -0.3 is 14.7 Å². The number of nitrogens with zero attached hydrogens (tertiary/aromatic N) is 2. The van der Waals surface area contributed by atoms with Crippen LogP contribution in [0.2, 0.25) is 0 Å². The van der Waals surface area contributed by atoms with E-state index in [1.54, 1.807) is 0 Å². The number of aromatic hydroxyl groups is 1. The van der Waals surface area contributed by atoms with Gasteiger partial charge in [0.15, 0.2) is 0 Å². The topological polar surface area (TPSA) is 35.9 Å². The third-order valence-electron chi connectivity index (χ3n) is 8.43. The number of phenolic OH excluding ortho intramolecular Hbond substituents is 1. The number of para-hydroxylation sites is 1. The summed E-state index contributed by atoms with van der Waals surface area (Å²) < 4.78 is 6.10. The number of hydrogen-bond donors (Lipinski definition) is 1. The Balaban J connectivity index is 1.23. The van der Waals surface area contributed by atoms with E-state index in [-0.39, 0.29) is 0 Å². The summed E-state index contributed by atoms with van der Waals surface area (Å²) >= 11 is 0. The number of benzene rings is 3. The molecule has 4 heteroatoms. The molecular formula is C34H44N2O2. The highest BCUT2D eigenvalue weighted by molar-refractivity contribution is 5.56. The van der Waals surface area contributed by atoms with Gasteiger partial charge in [0.1, 0.15) is 18.1 Å². The Morgan fingerprint density at radius 2 is 1.68 bits per heavy atom. The van der Waals surface area contributed by atoms with E-state index in [0.717, 1.165) is 51.3 Å². The van der Waals surface area contributed by atoms with Crippen molar-refractivity contribution >= 4 is 5.69 Å². The molecule has 202 valence electrons. The third-order valence-corrected chi connectivity index (χ3v) is 8.43. The highest BCUT2D eigenvalue weighted by Crippen LogP contribution is 2.37. The maximum absolute atomic E-state index is 9.96. The van der Waals surface area contributed by atoms with Crippen LogP contribution in [0.4, 0.5) is 5.69 Å². The van der Waals surface area contributed by atoms with Crippen molar-refractivity contribution in [2.75, 3.05) is 37.7 Å². The van der Waals surface area contributed by atoms with E-state index >= 15 is 0 Å². The average molecular weight is 513 g/mol. The Labute approximate surface area is 229 Å². The smallest absolute Gasteiger partial charge is 0.119 e. The zero-order valence-electron chi connectivity index (χ0n) is 23.1. The summed E-state index contributed by atoms with van der Waals surface area (Å²) in [4.78, 5) is 5.06. The van der Waals surface area contributed by atoms with Gasteiger partial charge in [0.05, 0.1) is 0 Å². The van der Waals surface area contributed by atoms with Crippen molar-refractivity contribution in [1.82, 2.24) is 4.90 Å². The normalized spacial score (nSPS) is 18.3. The highest BCUT2D eigenvalue weighted by Gasteiger charge is 2.22. The number of likely N-dealkylation sites (tertiary alicyclic amines) is 1. The molecule has 0 aromatic heterocycles. The van der Waals surface area contributed by atoms with Crippen LogP contribution in [-0.2, 0) is 19.4 Å². The van der Waals surface area contributed by atoms with Crippen molar-refractivity contribution in [3.8, 4) is 11.5 Å². The Hall–Kier alpha value is -2.98. The number of fused-ring (bicyclic) bond motifs is 1. The van der Waals surface area contributed by atoms with E-state index in [1.165, 1.54) is 73.1 Å². The van der Waals surface area contributed by atoms with Gasteiger partial charge in [0, 0.05) is 25.3 Å². The van der Waals surface area contributed by atoms with E-state index in [4.69, 9.17) is 4.74 Å². The Kier molecular flexibility index (Phi) is 9.24. The molecule has 1 fully saturated rings. The number of hydrogen-bond acceptors (Lipinski definition) is 4. The number of anilines is 1. The molecule has 0 spiro atoms. The fourth-order valence-corrected chi connectivity index (χ4v) is 6.27. The fourth-order valence-electron chi connectivity index (χ4n) is 6.27. The summed E-state index contributed by atoms with van der Waals surface area (Å²) in [6.07, 6.45) is 9.80. The third kappa shape index (κ3) is 6.91. The fraction of sp³-hybridized carbons (Fsp3) is 0.471. The van der Waals surface area contributed by atoms with Gasteiger partial charge in [-0.25, -0.2) is 0 Å². The summed E-state index contributed by atoms with van der Waals surface area (Å²) in [5.41, 5.74) is 6.80. The van der Waals surface area contributed by atoms with Crippen molar-refractivity contribution in [2.24, 2.45) is 0 Å². The van der Waals surface area contributed by atoms with Crippen LogP contribution in [0.15, 0.2) is 66.7 Å². The van der Waals surface area contributed by atoms with Crippen LogP contribution in [0.3, 0.4) is 0 Å². The lowest BCUT2D eigenvalue weighted by atomic mass is 9.88. The quantitative estimate of drug-likeness (QED) is 0.304. The predicted molar refractivity (Wildman–Crippen MR) is 158 cm³/mol. The molecular weight excluding hydrogens is 468 g/mol. The lowest BCUT2D eigenvalue weighted by Crippen LogP contribution is -2.29. The van der Waals surface area contributed by atoms with Crippen LogP contribution >= 0.6 is 0 Å². The van der Waals surface area contributed by atoms with E-state index < -0.39 is 0 Å². The maximum Gasteiger partial charge on any atom is 0.119 e. The predicted octanol–water partition coefficient (Wildman–Crippen LogP) is 7.34. The lowest BCUT2D eigenvalue weighted by Gasteiger charge is -2.29. The van der Waals surface area contributed by atoms with E-state index in [0.29, 0.717) is 11.7 Å². The summed E-state index contributed by atoms with van der Waals surface area (Å²) in [5.74, 6) is 1.84. The molecule has 1 aliphatic carbocycles. The molecule has 0 radical (unpaired) electrons. The lowest BCUT2D eigenvalue weighted by molar-refractivity contribution is 0.214. The van der Waals surface area contributed by atoms with Crippen LogP contribution in [-0.4, -0.2) is 42.8 Å². The molecule has 1 aliphatic heterocycles. The molecule has 1 saturated heterocycles. The summed E-state index contributed by atoms with van der Waals surface area (Å²) in [5, 5.41) is 9.96. The second-order valence-corrected chi connectivity index (χ2v) is 11.1. The van der Waals surface area contributed by atoms with Crippen molar-refractivity contribution < 1.29 is 9.84 Å². The van der Waals surface area contributed by atoms with E-state index in [2.05, 4.69) is 71.3 Å². The molecule has 4 nitrogen and oxygen atoms in total. The number of ether oxygens (including phenoxy) is 1. The Morgan fingerprint density at radius 3 is 2.47 bits per heavy atom. The van der Waals surface area contributed by atoms with Gasteiger partial charge in [-0.1, -0.05) is 49.2 Å². The second-order valence-electron chi connectivity index (χ2n) is 11.1. The second kappa shape index (κ2) is 13.2. The molecule has 3 aromatic carbocycles. The van der Waals surface area contributed by atoms with Crippen molar-refractivity contribution in [3.05, 3.63) is 89.0 Å². The highest BCUT2D eigenvalue weighted by atomic mass is 16.5. The molecule has 1 unspecified atom stereocenters. The largest absolute Gasteiger partial charge is 0.508 e. The van der Waals surface area contributed by atoms with Crippen LogP contribution in [0.25, 0.3) is 0 Å². The zero-order valence-corrected chi connectivity index (χ0v) is 23.1. The average Bonchev–Trinajstić information content (AvgIpc) is 3.33. The Morgan fingerprint density at radius 1 is 0.895 bits per heavy atom. The zero-order chi connectivity index (χ0) is 26.2. The standard InChI is InChI=1S/C34H44N2O2/c1-2-36(26-27-14-18-32(19-15-27)38-23-22-35-20-7-3-4-8-21-35)34-13-6-5-12-33(34)30-11-9-10-28-25-31(37)17-16-29(28)24-30/h5-6,12-19,25,30,37H,2-4,7-11,20-24,26H2,1H3.